The molecule has 4 heterocycles. The number of amides is 1. The lowest BCUT2D eigenvalue weighted by atomic mass is 9.81. The number of aromatic nitrogens is 2. The first-order valence-corrected chi connectivity index (χ1v) is 13.1. The molecule has 216 valence electrons. The molecular weight excluding hydrogens is 547 g/mol. The number of nitrogens with zero attached hydrogens (tertiary/aromatic N) is 2. The van der Waals surface area contributed by atoms with E-state index in [2.05, 4.69) is 10.1 Å². The molecule has 3 N–H and O–H groups in total. The number of fused-ring (bicyclic) bond motifs is 5. The summed E-state index contributed by atoms with van der Waals surface area (Å²) in [7, 11) is 0. The highest BCUT2D eigenvalue weighted by Crippen LogP contribution is 2.46. The summed E-state index contributed by atoms with van der Waals surface area (Å²) in [6.07, 6.45) is -0.526. The zero-order chi connectivity index (χ0) is 29.4. The number of carbonyl (C=O) groups is 2. The van der Waals surface area contributed by atoms with Crippen LogP contribution in [0.2, 0.25) is 0 Å². The minimum Gasteiger partial charge on any atom is -0.458 e. The van der Waals surface area contributed by atoms with Gasteiger partial charge in [0.25, 0.3) is 5.56 Å². The fourth-order valence-corrected chi connectivity index (χ4v) is 6.10. The molecule has 0 bridgehead atoms. The van der Waals surface area contributed by atoms with Gasteiger partial charge in [0.15, 0.2) is 12.2 Å². The molecule has 13 heteroatoms. The SMILES string of the molecule is CC[C@@]1(O)C(=O)OCc2c1cc1n(c2=O)Cc2c-1nc1cc(F)c(C)c3c1c2[C@@H](NC(=O)OCC(F)(F)CO)CC3. The van der Waals surface area contributed by atoms with E-state index < -0.39 is 54.2 Å². The molecule has 0 spiro atoms. The van der Waals surface area contributed by atoms with E-state index in [1.807, 2.05) is 0 Å². The number of hydrogen-bond donors (Lipinski definition) is 3. The number of ether oxygens (including phenoxy) is 2. The van der Waals surface area contributed by atoms with Crippen molar-refractivity contribution in [2.75, 3.05) is 13.2 Å². The number of benzene rings is 1. The molecule has 0 saturated carbocycles. The zero-order valence-electron chi connectivity index (χ0n) is 22.1. The number of pyridine rings is 2. The maximum Gasteiger partial charge on any atom is 0.407 e. The zero-order valence-corrected chi connectivity index (χ0v) is 22.1. The maximum absolute atomic E-state index is 15.0. The van der Waals surface area contributed by atoms with Crippen LogP contribution in [0.4, 0.5) is 18.0 Å². The van der Waals surface area contributed by atoms with Crippen LogP contribution < -0.4 is 10.9 Å². The molecule has 10 nitrogen and oxygen atoms in total. The monoisotopic (exact) mass is 573 g/mol. The van der Waals surface area contributed by atoms with Crippen LogP contribution in [0, 0.1) is 12.7 Å². The van der Waals surface area contributed by atoms with Crippen molar-refractivity contribution < 1.29 is 42.4 Å². The molecule has 1 aliphatic carbocycles. The van der Waals surface area contributed by atoms with Gasteiger partial charge in [-0.2, -0.15) is 0 Å². The Hall–Kier alpha value is -3.97. The number of rotatable bonds is 5. The lowest BCUT2D eigenvalue weighted by Crippen LogP contribution is -2.44. The number of esters is 1. The van der Waals surface area contributed by atoms with E-state index in [0.29, 0.717) is 45.4 Å². The highest BCUT2D eigenvalue weighted by Gasteiger charge is 2.46. The van der Waals surface area contributed by atoms with Gasteiger partial charge in [0.2, 0.25) is 0 Å². The second-order valence-electron chi connectivity index (χ2n) is 10.6. The van der Waals surface area contributed by atoms with Crippen LogP contribution in [0.1, 0.15) is 59.2 Å². The minimum atomic E-state index is -3.61. The number of hydrogen-bond acceptors (Lipinski definition) is 8. The Kier molecular flexibility index (Phi) is 6.16. The van der Waals surface area contributed by atoms with E-state index in [9.17, 15) is 32.7 Å². The van der Waals surface area contributed by atoms with Crippen molar-refractivity contribution in [1.82, 2.24) is 14.9 Å². The third kappa shape index (κ3) is 4.01. The van der Waals surface area contributed by atoms with Crippen molar-refractivity contribution in [2.45, 2.75) is 63.8 Å². The van der Waals surface area contributed by atoms with Gasteiger partial charge in [0.05, 0.1) is 35.1 Å². The van der Waals surface area contributed by atoms with Crippen molar-refractivity contribution >= 4 is 23.0 Å². The average molecular weight is 574 g/mol. The molecule has 3 aliphatic rings. The van der Waals surface area contributed by atoms with E-state index in [4.69, 9.17) is 14.8 Å². The summed E-state index contributed by atoms with van der Waals surface area (Å²) in [5.41, 5.74) is 0.837. The highest BCUT2D eigenvalue weighted by molar-refractivity contribution is 5.93. The number of halogens is 3. The molecule has 2 aromatic heterocycles. The fourth-order valence-electron chi connectivity index (χ4n) is 6.10. The van der Waals surface area contributed by atoms with Gasteiger partial charge in [-0.25, -0.2) is 27.7 Å². The lowest BCUT2D eigenvalue weighted by molar-refractivity contribution is -0.172. The van der Waals surface area contributed by atoms with Crippen LogP contribution in [0.15, 0.2) is 16.9 Å². The van der Waals surface area contributed by atoms with Gasteiger partial charge in [0, 0.05) is 22.6 Å². The number of alkyl carbamates (subject to hydrolysis) is 1. The van der Waals surface area contributed by atoms with Crippen molar-refractivity contribution in [1.29, 1.82) is 0 Å². The van der Waals surface area contributed by atoms with Gasteiger partial charge in [-0.1, -0.05) is 6.92 Å². The number of carbonyl (C=O) groups excluding carboxylic acids is 2. The lowest BCUT2D eigenvalue weighted by Gasteiger charge is -2.31. The molecular formula is C28H26F3N3O7. The van der Waals surface area contributed by atoms with E-state index in [1.165, 1.54) is 16.7 Å². The standard InChI is InChI=1S/C28H26F3N3O7/c1-3-28(39)16-6-20-23-14(8-34(20)24(36)15(16)9-40-25(28)37)22-18(33-26(38)41-11-27(30,31)10-35)5-4-13-12(2)17(29)7-19(32-23)21(13)22/h6-7,18,35,39H,3-5,8-11H2,1-2H3,(H,33,38)/t18-,28-/m0/s1. The molecule has 0 unspecified atom stereocenters. The predicted octanol–water partition coefficient (Wildman–Crippen LogP) is 2.87. The van der Waals surface area contributed by atoms with Crippen LogP contribution >= 0.6 is 0 Å². The third-order valence-electron chi connectivity index (χ3n) is 8.32. The topological polar surface area (TPSA) is 140 Å². The second kappa shape index (κ2) is 9.28. The van der Waals surface area contributed by atoms with Crippen LogP contribution in [0.25, 0.3) is 22.3 Å². The number of aryl methyl sites for hydroxylation is 1. The van der Waals surface area contributed by atoms with E-state index in [-0.39, 0.29) is 42.6 Å². The van der Waals surface area contributed by atoms with Crippen molar-refractivity contribution in [3.8, 4) is 11.4 Å². The number of alkyl halides is 2. The molecule has 3 aromatic rings. The fraction of sp³-hybridized carbons (Fsp3) is 0.429. The summed E-state index contributed by atoms with van der Waals surface area (Å²) in [6, 6.07) is 2.04. The molecule has 0 saturated heterocycles. The number of aliphatic hydroxyl groups is 2. The van der Waals surface area contributed by atoms with Crippen molar-refractivity contribution in [3.05, 3.63) is 61.7 Å². The summed E-state index contributed by atoms with van der Waals surface area (Å²) in [5.74, 6) is -4.95. The summed E-state index contributed by atoms with van der Waals surface area (Å²) < 4.78 is 53.1. The average Bonchev–Trinajstić information content (AvgIpc) is 3.32. The molecule has 1 amide bonds. The summed E-state index contributed by atoms with van der Waals surface area (Å²) in [5, 5.41) is 23.1. The van der Waals surface area contributed by atoms with Gasteiger partial charge in [0.1, 0.15) is 19.0 Å². The molecule has 0 fully saturated rings. The van der Waals surface area contributed by atoms with Gasteiger partial charge in [-0.3, -0.25) is 4.79 Å². The normalized spacial score (nSPS) is 20.8. The smallest absolute Gasteiger partial charge is 0.407 e. The molecule has 41 heavy (non-hydrogen) atoms. The Morgan fingerprint density at radius 3 is 2.76 bits per heavy atom. The Morgan fingerprint density at radius 1 is 1.29 bits per heavy atom. The van der Waals surface area contributed by atoms with Crippen molar-refractivity contribution in [2.24, 2.45) is 0 Å². The largest absolute Gasteiger partial charge is 0.458 e. The summed E-state index contributed by atoms with van der Waals surface area (Å²) in [4.78, 5) is 43.4. The van der Waals surface area contributed by atoms with E-state index >= 15 is 0 Å². The number of nitrogens with one attached hydrogen (secondary N) is 1. The van der Waals surface area contributed by atoms with Crippen LogP contribution in [0.3, 0.4) is 0 Å². The van der Waals surface area contributed by atoms with Gasteiger partial charge < -0.3 is 29.6 Å². The Balaban J connectivity index is 1.52. The quantitative estimate of drug-likeness (QED) is 0.310. The first-order chi connectivity index (χ1) is 19.4. The Morgan fingerprint density at radius 2 is 2.05 bits per heavy atom. The number of aliphatic hydroxyl groups excluding tert-OH is 1. The van der Waals surface area contributed by atoms with Crippen molar-refractivity contribution in [3.63, 3.8) is 0 Å². The molecule has 2 aliphatic heterocycles. The molecule has 1 aromatic carbocycles. The third-order valence-corrected chi connectivity index (χ3v) is 8.32. The van der Waals surface area contributed by atoms with Crippen LogP contribution in [-0.2, 0) is 39.4 Å². The molecule has 2 atom stereocenters. The first kappa shape index (κ1) is 27.2. The van der Waals surface area contributed by atoms with Gasteiger partial charge >= 0.3 is 18.0 Å². The summed E-state index contributed by atoms with van der Waals surface area (Å²) in [6.45, 7) is 0.136. The predicted molar refractivity (Wildman–Crippen MR) is 137 cm³/mol. The van der Waals surface area contributed by atoms with Crippen LogP contribution in [0.5, 0.6) is 0 Å². The maximum atomic E-state index is 15.0. The molecule has 0 radical (unpaired) electrons. The first-order valence-electron chi connectivity index (χ1n) is 13.1. The van der Waals surface area contributed by atoms with Gasteiger partial charge in [-0.05, 0) is 48.9 Å². The minimum absolute atomic E-state index is 0.0270. The van der Waals surface area contributed by atoms with E-state index in [1.54, 1.807) is 13.8 Å². The molecule has 6 rings (SSSR count). The summed E-state index contributed by atoms with van der Waals surface area (Å²) >= 11 is 0. The van der Waals surface area contributed by atoms with E-state index in [0.717, 1.165) is 0 Å². The second-order valence-corrected chi connectivity index (χ2v) is 10.6. The number of cyclic esters (lactones) is 1. The Labute approximate surface area is 230 Å². The van der Waals surface area contributed by atoms with Crippen LogP contribution in [-0.4, -0.2) is 51.0 Å². The Bertz CT molecular complexity index is 1720. The highest BCUT2D eigenvalue weighted by atomic mass is 19.3. The van der Waals surface area contributed by atoms with Gasteiger partial charge in [-0.15, -0.1) is 0 Å².